The molecule has 0 spiro atoms. The van der Waals surface area contributed by atoms with E-state index < -0.39 is 0 Å². The second-order valence-electron chi connectivity index (χ2n) is 6.38. The number of rotatable bonds is 6. The number of hydrogen-bond donors (Lipinski definition) is 1. The van der Waals surface area contributed by atoms with Crippen LogP contribution in [0.25, 0.3) is 22.8 Å². The molecule has 0 fully saturated rings. The number of hydrogen-bond acceptors (Lipinski definition) is 5. The minimum atomic E-state index is -0.352. The molecule has 5 nitrogen and oxygen atoms in total. The number of benzene rings is 2. The van der Waals surface area contributed by atoms with Gasteiger partial charge in [0.25, 0.3) is 0 Å². The highest BCUT2D eigenvalue weighted by Crippen LogP contribution is 2.29. The molecular weight excluding hydrogens is 382 g/mol. The van der Waals surface area contributed by atoms with E-state index in [-0.39, 0.29) is 5.97 Å². The third-order valence-electron chi connectivity index (χ3n) is 4.49. The van der Waals surface area contributed by atoms with Crippen molar-refractivity contribution in [2.75, 3.05) is 7.11 Å². The van der Waals surface area contributed by atoms with Crippen LogP contribution in [0.1, 0.15) is 26.8 Å². The van der Waals surface area contributed by atoms with Gasteiger partial charge >= 0.3 is 5.97 Å². The second kappa shape index (κ2) is 8.67. The number of carbonyl (C=O) groups is 1. The van der Waals surface area contributed by atoms with Crippen molar-refractivity contribution in [3.05, 3.63) is 94.5 Å². The molecule has 0 unspecified atom stereocenters. The largest absolute Gasteiger partial charge is 0.465 e. The van der Waals surface area contributed by atoms with Gasteiger partial charge in [0.05, 0.1) is 12.7 Å². The molecule has 0 saturated carbocycles. The van der Waals surface area contributed by atoms with Gasteiger partial charge in [0, 0.05) is 30.4 Å². The van der Waals surface area contributed by atoms with Crippen molar-refractivity contribution in [3.63, 3.8) is 0 Å². The van der Waals surface area contributed by atoms with Gasteiger partial charge < -0.3 is 9.72 Å². The molecule has 4 aromatic rings. The normalized spacial score (nSPS) is 11.4. The average molecular weight is 401 g/mol. The number of allylic oxidation sites excluding steroid dienone is 1. The van der Waals surface area contributed by atoms with Gasteiger partial charge in [-0.05, 0) is 40.5 Å². The van der Waals surface area contributed by atoms with E-state index >= 15 is 0 Å². The van der Waals surface area contributed by atoms with E-state index in [1.165, 1.54) is 7.11 Å². The molecular formula is C23H19N3O2S. The summed E-state index contributed by atoms with van der Waals surface area (Å²) in [5.41, 5.74) is 4.37. The average Bonchev–Trinajstić information content (AvgIpc) is 3.47. The first-order valence-electron chi connectivity index (χ1n) is 9.11. The van der Waals surface area contributed by atoms with Crippen molar-refractivity contribution in [1.82, 2.24) is 15.0 Å². The lowest BCUT2D eigenvalue weighted by Crippen LogP contribution is -2.04. The van der Waals surface area contributed by atoms with Crippen LogP contribution in [0.3, 0.4) is 0 Å². The summed E-state index contributed by atoms with van der Waals surface area (Å²) in [5, 5.41) is 2.90. The Morgan fingerprint density at radius 2 is 2.00 bits per heavy atom. The Labute approximate surface area is 172 Å². The van der Waals surface area contributed by atoms with E-state index in [0.29, 0.717) is 12.0 Å². The number of H-pyrrole nitrogens is 1. The number of ether oxygens (including phenoxy) is 1. The molecule has 0 bridgehead atoms. The molecule has 0 atom stereocenters. The van der Waals surface area contributed by atoms with Crippen LogP contribution in [0.5, 0.6) is 0 Å². The molecule has 0 aliphatic rings. The van der Waals surface area contributed by atoms with E-state index in [2.05, 4.69) is 21.0 Å². The minimum absolute atomic E-state index is 0.352. The number of nitrogens with zero attached hydrogens (tertiary/aromatic N) is 2. The van der Waals surface area contributed by atoms with Gasteiger partial charge in [0.2, 0.25) is 0 Å². The lowest BCUT2D eigenvalue weighted by atomic mass is 9.96. The van der Waals surface area contributed by atoms with Crippen LogP contribution in [0, 0.1) is 0 Å². The Morgan fingerprint density at radius 1 is 1.14 bits per heavy atom. The second-order valence-corrected chi connectivity index (χ2v) is 7.28. The van der Waals surface area contributed by atoms with E-state index in [1.54, 1.807) is 23.7 Å². The Balaban J connectivity index is 1.79. The van der Waals surface area contributed by atoms with Crippen LogP contribution in [0.2, 0.25) is 0 Å². The van der Waals surface area contributed by atoms with Crippen LogP contribution in [-0.4, -0.2) is 28.0 Å². The van der Waals surface area contributed by atoms with Gasteiger partial charge in [-0.1, -0.05) is 36.4 Å². The fraction of sp³-hybridized carbons (Fsp3) is 0.0870. The van der Waals surface area contributed by atoms with E-state index in [1.807, 2.05) is 60.1 Å². The maximum atomic E-state index is 12.3. The number of nitrogens with one attached hydrogen (secondary N) is 1. The molecule has 29 heavy (non-hydrogen) atoms. The van der Waals surface area contributed by atoms with Crippen molar-refractivity contribution in [2.45, 2.75) is 6.42 Å². The Bertz CT molecular complexity index is 1120. The zero-order chi connectivity index (χ0) is 20.1. The number of imidazole rings is 1. The summed E-state index contributed by atoms with van der Waals surface area (Å²) in [4.78, 5) is 24.2. The van der Waals surface area contributed by atoms with Gasteiger partial charge in [-0.15, -0.1) is 11.3 Å². The molecule has 144 valence electrons. The van der Waals surface area contributed by atoms with Gasteiger partial charge in [0.1, 0.15) is 10.8 Å². The van der Waals surface area contributed by atoms with Gasteiger partial charge in [-0.25, -0.2) is 14.8 Å². The SMILES string of the molecule is COC(=O)c1ccc(C=C(Cc2ncc[nH]2)c2nccs2)cc1-c1ccccc1. The number of methoxy groups -OCH3 is 1. The first kappa shape index (κ1) is 18.8. The molecule has 0 amide bonds. The summed E-state index contributed by atoms with van der Waals surface area (Å²) in [6, 6.07) is 15.6. The molecule has 2 aromatic carbocycles. The van der Waals surface area contributed by atoms with Crippen molar-refractivity contribution >= 4 is 29.0 Å². The summed E-state index contributed by atoms with van der Waals surface area (Å²) in [5.74, 6) is 0.524. The fourth-order valence-electron chi connectivity index (χ4n) is 3.14. The highest BCUT2D eigenvalue weighted by atomic mass is 32.1. The smallest absolute Gasteiger partial charge is 0.338 e. The molecule has 2 aromatic heterocycles. The van der Waals surface area contributed by atoms with Crippen LogP contribution in [-0.2, 0) is 11.2 Å². The number of esters is 1. The van der Waals surface area contributed by atoms with E-state index in [9.17, 15) is 4.79 Å². The van der Waals surface area contributed by atoms with Crippen molar-refractivity contribution < 1.29 is 9.53 Å². The standard InChI is InChI=1S/C23H19N3O2S/c1-28-23(27)19-8-7-16(14-20(19)17-5-3-2-4-6-17)13-18(22-26-11-12-29-22)15-21-24-9-10-25-21/h2-14H,15H2,1H3,(H,24,25). The molecule has 0 aliphatic carbocycles. The van der Waals surface area contributed by atoms with E-state index in [4.69, 9.17) is 4.74 Å². The van der Waals surface area contributed by atoms with E-state index in [0.717, 1.165) is 33.1 Å². The van der Waals surface area contributed by atoms with Crippen molar-refractivity contribution in [3.8, 4) is 11.1 Å². The number of aromatic nitrogens is 3. The summed E-state index contributed by atoms with van der Waals surface area (Å²) in [6.45, 7) is 0. The molecule has 6 heteroatoms. The summed E-state index contributed by atoms with van der Waals surface area (Å²) in [6.07, 6.45) is 8.08. The van der Waals surface area contributed by atoms with Crippen LogP contribution < -0.4 is 0 Å². The highest BCUT2D eigenvalue weighted by molar-refractivity contribution is 7.10. The predicted molar refractivity (Wildman–Crippen MR) is 115 cm³/mol. The molecule has 2 heterocycles. The summed E-state index contributed by atoms with van der Waals surface area (Å²) >= 11 is 1.59. The molecule has 0 saturated heterocycles. The first-order valence-corrected chi connectivity index (χ1v) is 9.99. The van der Waals surface area contributed by atoms with Gasteiger partial charge in [-0.2, -0.15) is 0 Å². The molecule has 0 radical (unpaired) electrons. The zero-order valence-corrected chi connectivity index (χ0v) is 16.6. The van der Waals surface area contributed by atoms with Crippen LogP contribution in [0.4, 0.5) is 0 Å². The van der Waals surface area contributed by atoms with Crippen molar-refractivity contribution in [2.24, 2.45) is 0 Å². The molecule has 4 rings (SSSR count). The van der Waals surface area contributed by atoms with Crippen LogP contribution >= 0.6 is 11.3 Å². The van der Waals surface area contributed by atoms with Gasteiger partial charge in [-0.3, -0.25) is 0 Å². The fourth-order valence-corrected chi connectivity index (χ4v) is 3.80. The van der Waals surface area contributed by atoms with Crippen LogP contribution in [0.15, 0.2) is 72.5 Å². The number of carbonyl (C=O) groups excluding carboxylic acids is 1. The topological polar surface area (TPSA) is 67.9 Å². The third kappa shape index (κ3) is 4.33. The zero-order valence-electron chi connectivity index (χ0n) is 15.8. The Hall–Kier alpha value is -3.51. The lowest BCUT2D eigenvalue weighted by molar-refractivity contribution is 0.0601. The Kier molecular flexibility index (Phi) is 5.63. The highest BCUT2D eigenvalue weighted by Gasteiger charge is 2.15. The number of thiazole rings is 1. The molecule has 0 aliphatic heterocycles. The third-order valence-corrected chi connectivity index (χ3v) is 5.34. The maximum absolute atomic E-state index is 12.3. The lowest BCUT2D eigenvalue weighted by Gasteiger charge is -2.10. The summed E-state index contributed by atoms with van der Waals surface area (Å²) < 4.78 is 4.97. The first-order chi connectivity index (χ1) is 14.2. The number of aromatic amines is 1. The Morgan fingerprint density at radius 3 is 2.69 bits per heavy atom. The minimum Gasteiger partial charge on any atom is -0.465 e. The quantitative estimate of drug-likeness (QED) is 0.456. The maximum Gasteiger partial charge on any atom is 0.338 e. The van der Waals surface area contributed by atoms with Gasteiger partial charge in [0.15, 0.2) is 0 Å². The monoisotopic (exact) mass is 401 g/mol. The molecule has 1 N–H and O–H groups in total. The van der Waals surface area contributed by atoms with Crippen molar-refractivity contribution in [1.29, 1.82) is 0 Å². The summed E-state index contributed by atoms with van der Waals surface area (Å²) in [7, 11) is 1.40. The predicted octanol–water partition coefficient (Wildman–Crippen LogP) is 5.10.